The van der Waals surface area contributed by atoms with Crippen LogP contribution in [0.25, 0.3) is 5.65 Å². The van der Waals surface area contributed by atoms with E-state index in [0.29, 0.717) is 17.8 Å². The Labute approximate surface area is 126 Å². The maximum atomic E-state index is 12.1. The number of aromatic nitrogens is 2. The summed E-state index contributed by atoms with van der Waals surface area (Å²) < 4.78 is 1.80. The quantitative estimate of drug-likeness (QED) is 0.846. The number of pyridine rings is 1. The second kappa shape index (κ2) is 6.62. The molecule has 2 rings (SSSR count). The van der Waals surface area contributed by atoms with Crippen molar-refractivity contribution in [3.8, 4) is 0 Å². The summed E-state index contributed by atoms with van der Waals surface area (Å²) in [4.78, 5) is 27.5. The molecule has 0 aliphatic rings. The topological polar surface area (TPSA) is 83.7 Å². The second-order valence-electron chi connectivity index (χ2n) is 4.67. The van der Waals surface area contributed by atoms with E-state index in [2.05, 4.69) is 10.3 Å². The lowest BCUT2D eigenvalue weighted by atomic mass is 10.2. The molecule has 1 amide bonds. The summed E-state index contributed by atoms with van der Waals surface area (Å²) in [6.07, 6.45) is 3.90. The van der Waals surface area contributed by atoms with Gasteiger partial charge in [0.15, 0.2) is 0 Å². The summed E-state index contributed by atoms with van der Waals surface area (Å²) >= 11 is 1.54. The lowest BCUT2D eigenvalue weighted by Crippen LogP contribution is -2.41. The highest BCUT2D eigenvalue weighted by Crippen LogP contribution is 2.09. The van der Waals surface area contributed by atoms with Crippen LogP contribution in [0.5, 0.6) is 0 Å². The van der Waals surface area contributed by atoms with Crippen molar-refractivity contribution in [2.45, 2.75) is 19.4 Å². The average Bonchev–Trinajstić information content (AvgIpc) is 2.88. The lowest BCUT2D eigenvalue weighted by Gasteiger charge is -2.12. The first kappa shape index (κ1) is 15.4. The van der Waals surface area contributed by atoms with Gasteiger partial charge < -0.3 is 14.8 Å². The zero-order valence-electron chi connectivity index (χ0n) is 11.9. The summed E-state index contributed by atoms with van der Waals surface area (Å²) in [5.41, 5.74) is 1.84. The second-order valence-corrected chi connectivity index (χ2v) is 5.65. The molecule has 2 aromatic rings. The average molecular weight is 307 g/mol. The zero-order valence-corrected chi connectivity index (χ0v) is 12.7. The lowest BCUT2D eigenvalue weighted by molar-refractivity contribution is -0.139. The molecule has 6 nitrogen and oxygen atoms in total. The SMILES string of the molecule is CSCC[C@@H](NC(=O)c1cn2c(C)cccc2n1)C(=O)O. The minimum atomic E-state index is -1.03. The van der Waals surface area contributed by atoms with Gasteiger partial charge in [-0.05, 0) is 37.5 Å². The molecule has 0 spiro atoms. The number of fused-ring (bicyclic) bond motifs is 1. The molecule has 2 heterocycles. The van der Waals surface area contributed by atoms with Gasteiger partial charge in [0, 0.05) is 11.9 Å². The number of carbonyl (C=O) groups excluding carboxylic acids is 1. The van der Waals surface area contributed by atoms with Crippen LogP contribution in [0.2, 0.25) is 0 Å². The summed E-state index contributed by atoms with van der Waals surface area (Å²) in [5, 5.41) is 11.7. The highest BCUT2D eigenvalue weighted by Gasteiger charge is 2.21. The van der Waals surface area contributed by atoms with E-state index >= 15 is 0 Å². The number of nitrogens with one attached hydrogen (secondary N) is 1. The number of aryl methyl sites for hydroxylation is 1. The van der Waals surface area contributed by atoms with Crippen LogP contribution in [0.4, 0.5) is 0 Å². The highest BCUT2D eigenvalue weighted by atomic mass is 32.2. The Morgan fingerprint density at radius 3 is 2.86 bits per heavy atom. The predicted molar refractivity (Wildman–Crippen MR) is 81.8 cm³/mol. The molecule has 0 aromatic carbocycles. The van der Waals surface area contributed by atoms with Gasteiger partial charge in [-0.1, -0.05) is 6.07 Å². The fourth-order valence-corrected chi connectivity index (χ4v) is 2.45. The number of nitrogens with zero attached hydrogens (tertiary/aromatic N) is 2. The van der Waals surface area contributed by atoms with E-state index in [9.17, 15) is 9.59 Å². The van der Waals surface area contributed by atoms with Gasteiger partial charge in [0.05, 0.1) is 0 Å². The number of rotatable bonds is 6. The van der Waals surface area contributed by atoms with Crippen LogP contribution in [-0.2, 0) is 4.79 Å². The molecular formula is C14H17N3O3S. The van der Waals surface area contributed by atoms with E-state index < -0.39 is 17.9 Å². The molecular weight excluding hydrogens is 290 g/mol. The van der Waals surface area contributed by atoms with Gasteiger partial charge >= 0.3 is 5.97 Å². The van der Waals surface area contributed by atoms with Crippen LogP contribution in [0.3, 0.4) is 0 Å². The van der Waals surface area contributed by atoms with Gasteiger partial charge in [0.25, 0.3) is 5.91 Å². The number of hydrogen-bond donors (Lipinski definition) is 2. The van der Waals surface area contributed by atoms with Crippen LogP contribution < -0.4 is 5.32 Å². The number of carbonyl (C=O) groups is 2. The molecule has 0 saturated carbocycles. The standard InChI is InChI=1S/C14H17N3O3S/c1-9-4-3-5-12-15-11(8-17(9)12)13(18)16-10(14(19)20)6-7-21-2/h3-5,8,10H,6-7H2,1-2H3,(H,16,18)(H,19,20)/t10-/m1/s1. The summed E-state index contributed by atoms with van der Waals surface area (Å²) in [7, 11) is 0. The van der Waals surface area contributed by atoms with E-state index in [1.165, 1.54) is 0 Å². The van der Waals surface area contributed by atoms with Crippen molar-refractivity contribution in [3.63, 3.8) is 0 Å². The molecule has 0 unspecified atom stereocenters. The molecule has 0 radical (unpaired) electrons. The van der Waals surface area contributed by atoms with Gasteiger partial charge in [0.1, 0.15) is 17.4 Å². The third-order valence-electron chi connectivity index (χ3n) is 3.14. The maximum Gasteiger partial charge on any atom is 0.326 e. The van der Waals surface area contributed by atoms with Gasteiger partial charge in [-0.15, -0.1) is 0 Å². The largest absolute Gasteiger partial charge is 0.480 e. The van der Waals surface area contributed by atoms with Crippen molar-refractivity contribution in [2.75, 3.05) is 12.0 Å². The molecule has 2 N–H and O–H groups in total. The minimum absolute atomic E-state index is 0.222. The van der Waals surface area contributed by atoms with E-state index in [4.69, 9.17) is 5.11 Å². The fourth-order valence-electron chi connectivity index (χ4n) is 1.98. The molecule has 2 aromatic heterocycles. The van der Waals surface area contributed by atoms with Crippen molar-refractivity contribution in [3.05, 3.63) is 35.8 Å². The summed E-state index contributed by atoms with van der Waals surface area (Å²) in [6, 6.07) is 4.68. The van der Waals surface area contributed by atoms with Crippen LogP contribution in [0, 0.1) is 6.92 Å². The third kappa shape index (κ3) is 3.55. The molecule has 0 bridgehead atoms. The molecule has 0 saturated heterocycles. The molecule has 7 heteroatoms. The molecule has 21 heavy (non-hydrogen) atoms. The monoisotopic (exact) mass is 307 g/mol. The number of imidazole rings is 1. The van der Waals surface area contributed by atoms with E-state index in [0.717, 1.165) is 5.69 Å². The van der Waals surface area contributed by atoms with E-state index in [1.807, 2.05) is 25.3 Å². The first-order valence-electron chi connectivity index (χ1n) is 6.50. The van der Waals surface area contributed by atoms with Crippen LogP contribution in [-0.4, -0.2) is 44.4 Å². The Hall–Kier alpha value is -2.02. The predicted octanol–water partition coefficient (Wildman–Crippen LogP) is 1.58. The molecule has 112 valence electrons. The number of carboxylic acid groups (broad SMARTS) is 1. The van der Waals surface area contributed by atoms with Crippen LogP contribution in [0.15, 0.2) is 24.4 Å². The van der Waals surface area contributed by atoms with Crippen molar-refractivity contribution in [1.82, 2.24) is 14.7 Å². The Morgan fingerprint density at radius 2 is 2.24 bits per heavy atom. The number of amides is 1. The molecule has 1 atom stereocenters. The summed E-state index contributed by atoms with van der Waals surface area (Å²) in [5.74, 6) is -0.828. The fraction of sp³-hybridized carbons (Fsp3) is 0.357. The van der Waals surface area contributed by atoms with Crippen LogP contribution in [0.1, 0.15) is 22.6 Å². The Kier molecular flexibility index (Phi) is 4.85. The summed E-state index contributed by atoms with van der Waals surface area (Å²) in [6.45, 7) is 1.91. The smallest absolute Gasteiger partial charge is 0.326 e. The Bertz CT molecular complexity index is 669. The van der Waals surface area contributed by atoms with Gasteiger partial charge in [-0.2, -0.15) is 11.8 Å². The van der Waals surface area contributed by atoms with Gasteiger partial charge in [0.2, 0.25) is 0 Å². The normalized spacial score (nSPS) is 12.3. The van der Waals surface area contributed by atoms with Crippen molar-refractivity contribution in [1.29, 1.82) is 0 Å². The van der Waals surface area contributed by atoms with Gasteiger partial charge in [-0.3, -0.25) is 4.79 Å². The van der Waals surface area contributed by atoms with Crippen molar-refractivity contribution >= 4 is 29.3 Å². The number of aliphatic carboxylic acids is 1. The molecule has 0 aliphatic carbocycles. The van der Waals surface area contributed by atoms with Crippen molar-refractivity contribution in [2.24, 2.45) is 0 Å². The Balaban J connectivity index is 2.17. The van der Waals surface area contributed by atoms with Crippen LogP contribution >= 0.6 is 11.8 Å². The molecule has 0 aliphatic heterocycles. The van der Waals surface area contributed by atoms with Crippen molar-refractivity contribution < 1.29 is 14.7 Å². The molecule has 0 fully saturated rings. The maximum absolute atomic E-state index is 12.1. The minimum Gasteiger partial charge on any atom is -0.480 e. The Morgan fingerprint density at radius 1 is 1.48 bits per heavy atom. The number of carboxylic acids is 1. The number of thioether (sulfide) groups is 1. The first-order chi connectivity index (χ1) is 10.0. The van der Waals surface area contributed by atoms with E-state index in [1.54, 1.807) is 28.4 Å². The zero-order chi connectivity index (χ0) is 15.4. The first-order valence-corrected chi connectivity index (χ1v) is 7.89. The third-order valence-corrected chi connectivity index (χ3v) is 3.79. The number of hydrogen-bond acceptors (Lipinski definition) is 4. The highest BCUT2D eigenvalue weighted by molar-refractivity contribution is 7.98. The van der Waals surface area contributed by atoms with E-state index in [-0.39, 0.29) is 5.69 Å². The van der Waals surface area contributed by atoms with Gasteiger partial charge in [-0.25, -0.2) is 9.78 Å².